The van der Waals surface area contributed by atoms with Gasteiger partial charge in [0.05, 0.1) is 12.2 Å². The van der Waals surface area contributed by atoms with Gasteiger partial charge in [0.2, 0.25) is 5.91 Å². The number of carbonyl (C=O) groups is 3. The Morgan fingerprint density at radius 3 is 2.28 bits per heavy atom. The summed E-state index contributed by atoms with van der Waals surface area (Å²) in [6.45, 7) is 11.3. The summed E-state index contributed by atoms with van der Waals surface area (Å²) in [6, 6.07) is 14.1. The number of aromatic nitrogens is 1. The van der Waals surface area contributed by atoms with Crippen LogP contribution in [0.2, 0.25) is 0 Å². The summed E-state index contributed by atoms with van der Waals surface area (Å²) in [6.07, 6.45) is 6.24. The summed E-state index contributed by atoms with van der Waals surface area (Å²) in [5.41, 5.74) is 3.56. The lowest BCUT2D eigenvalue weighted by atomic mass is 9.81. The zero-order valence-corrected chi connectivity index (χ0v) is 27.9. The quantitative estimate of drug-likeness (QED) is 0.316. The van der Waals surface area contributed by atoms with Crippen molar-refractivity contribution < 1.29 is 24.2 Å². The molecule has 0 radical (unpaired) electrons. The van der Waals surface area contributed by atoms with E-state index in [2.05, 4.69) is 28.1 Å². The summed E-state index contributed by atoms with van der Waals surface area (Å²) in [7, 11) is 0. The molecule has 2 fully saturated rings. The van der Waals surface area contributed by atoms with Gasteiger partial charge in [-0.25, -0.2) is 4.79 Å². The molecule has 1 saturated carbocycles. The van der Waals surface area contributed by atoms with Gasteiger partial charge in [0.15, 0.2) is 0 Å². The summed E-state index contributed by atoms with van der Waals surface area (Å²) < 4.78 is 8.52. The SMILES string of the molecule is CC(C)(NC(=O)c1ccc2c(C3CCCCC3)c3n(c2c1)CCOc1ccccc1-3)C(=O)N1CCC(N(C(=O)O)C(C)(C)C)CC1. The smallest absolute Gasteiger partial charge is 0.407 e. The third-order valence-corrected chi connectivity index (χ3v) is 10.1. The molecular weight excluding hydrogens is 580 g/mol. The Kier molecular flexibility index (Phi) is 8.55. The van der Waals surface area contributed by atoms with Gasteiger partial charge in [-0.2, -0.15) is 0 Å². The topological polar surface area (TPSA) is 104 Å². The van der Waals surface area contributed by atoms with Crippen LogP contribution in [0, 0.1) is 0 Å². The van der Waals surface area contributed by atoms with Crippen LogP contribution in [-0.2, 0) is 11.3 Å². The van der Waals surface area contributed by atoms with Crippen molar-refractivity contribution in [3.63, 3.8) is 0 Å². The maximum absolute atomic E-state index is 13.8. The van der Waals surface area contributed by atoms with Gasteiger partial charge in [-0.3, -0.25) is 9.59 Å². The first-order chi connectivity index (χ1) is 21.9. The second-order valence-electron chi connectivity index (χ2n) is 14.8. The van der Waals surface area contributed by atoms with E-state index in [1.165, 1.54) is 40.8 Å². The third-order valence-electron chi connectivity index (χ3n) is 10.1. The first-order valence-electron chi connectivity index (χ1n) is 16.9. The number of fused-ring (bicyclic) bond motifs is 5. The van der Waals surface area contributed by atoms with Crippen molar-refractivity contribution in [1.82, 2.24) is 19.7 Å². The molecule has 9 nitrogen and oxygen atoms in total. The molecule has 9 heteroatoms. The van der Waals surface area contributed by atoms with Crippen LogP contribution in [0.5, 0.6) is 5.75 Å². The zero-order chi connectivity index (χ0) is 32.8. The van der Waals surface area contributed by atoms with Gasteiger partial charge in [0.1, 0.15) is 17.9 Å². The summed E-state index contributed by atoms with van der Waals surface area (Å²) in [5.74, 6) is 0.908. The summed E-state index contributed by atoms with van der Waals surface area (Å²) in [5, 5.41) is 14.0. The second kappa shape index (κ2) is 12.3. The molecular formula is C37H48N4O5. The Morgan fingerprint density at radius 2 is 1.61 bits per heavy atom. The van der Waals surface area contributed by atoms with Crippen molar-refractivity contribution in [1.29, 1.82) is 0 Å². The number of benzene rings is 2. The highest BCUT2D eigenvalue weighted by molar-refractivity contribution is 6.03. The number of carboxylic acid groups (broad SMARTS) is 1. The fraction of sp³-hybridized carbons (Fsp3) is 0.541. The number of ether oxygens (including phenoxy) is 1. The fourth-order valence-electron chi connectivity index (χ4n) is 8.00. The van der Waals surface area contributed by atoms with E-state index in [-0.39, 0.29) is 17.9 Å². The number of carbonyl (C=O) groups excluding carboxylic acids is 2. The molecule has 0 spiro atoms. The molecule has 2 N–H and O–H groups in total. The molecule has 0 atom stereocenters. The van der Waals surface area contributed by atoms with E-state index in [1.54, 1.807) is 18.7 Å². The number of nitrogens with one attached hydrogen (secondary N) is 1. The van der Waals surface area contributed by atoms with Crippen molar-refractivity contribution in [3.8, 4) is 17.0 Å². The third kappa shape index (κ3) is 5.96. The normalized spacial score (nSPS) is 17.9. The van der Waals surface area contributed by atoms with Crippen LogP contribution in [0.25, 0.3) is 22.2 Å². The monoisotopic (exact) mass is 628 g/mol. The Bertz CT molecular complexity index is 1640. The number of rotatable bonds is 5. The molecule has 6 rings (SSSR count). The standard InChI is InChI=1S/C37H48N4O5/c1-36(2,3)41(35(44)45)26-17-19-39(20-18-26)34(43)37(4,5)38-33(42)25-15-16-27-29(23-25)40-21-22-46-30-14-10-9-13-28(30)32(40)31(27)24-11-7-6-8-12-24/h9-10,13-16,23-24,26H,6-8,11-12,17-22H2,1-5H3,(H,38,42)(H,44,45). The van der Waals surface area contributed by atoms with Crippen LogP contribution >= 0.6 is 0 Å². The molecule has 0 bridgehead atoms. The molecule has 2 aromatic carbocycles. The van der Waals surface area contributed by atoms with Crippen LogP contribution in [0.15, 0.2) is 42.5 Å². The molecule has 46 heavy (non-hydrogen) atoms. The van der Waals surface area contributed by atoms with Gasteiger partial charge in [0.25, 0.3) is 5.91 Å². The molecule has 246 valence electrons. The predicted molar refractivity (Wildman–Crippen MR) is 179 cm³/mol. The van der Waals surface area contributed by atoms with E-state index in [0.717, 1.165) is 29.7 Å². The molecule has 1 aromatic heterocycles. The van der Waals surface area contributed by atoms with E-state index in [1.807, 2.05) is 45.0 Å². The van der Waals surface area contributed by atoms with E-state index in [4.69, 9.17) is 4.74 Å². The van der Waals surface area contributed by atoms with Crippen LogP contribution in [0.3, 0.4) is 0 Å². The van der Waals surface area contributed by atoms with Crippen LogP contribution in [0.1, 0.15) is 101 Å². The first-order valence-corrected chi connectivity index (χ1v) is 16.9. The van der Waals surface area contributed by atoms with Gasteiger partial charge in [0, 0.05) is 46.7 Å². The van der Waals surface area contributed by atoms with Gasteiger partial charge in [-0.1, -0.05) is 37.5 Å². The maximum atomic E-state index is 13.8. The highest BCUT2D eigenvalue weighted by atomic mass is 16.5. The zero-order valence-electron chi connectivity index (χ0n) is 27.9. The molecule has 3 heterocycles. The van der Waals surface area contributed by atoms with Gasteiger partial charge in [-0.15, -0.1) is 0 Å². The lowest BCUT2D eigenvalue weighted by Gasteiger charge is -2.44. The second-order valence-corrected chi connectivity index (χ2v) is 14.8. The Hall–Kier alpha value is -4.01. The summed E-state index contributed by atoms with van der Waals surface area (Å²) >= 11 is 0. The lowest BCUT2D eigenvalue weighted by molar-refractivity contribution is -0.138. The number of para-hydroxylation sites is 1. The largest absolute Gasteiger partial charge is 0.491 e. The number of hydrogen-bond donors (Lipinski definition) is 2. The number of amides is 3. The summed E-state index contributed by atoms with van der Waals surface area (Å²) in [4.78, 5) is 42.7. The Balaban J connectivity index is 1.25. The number of hydrogen-bond acceptors (Lipinski definition) is 4. The van der Waals surface area contributed by atoms with Crippen LogP contribution < -0.4 is 10.1 Å². The number of piperidine rings is 1. The average molecular weight is 629 g/mol. The van der Waals surface area contributed by atoms with E-state index >= 15 is 0 Å². The fourth-order valence-corrected chi connectivity index (χ4v) is 8.00. The molecule has 1 aliphatic carbocycles. The molecule has 3 amide bonds. The molecule has 1 saturated heterocycles. The highest BCUT2D eigenvalue weighted by Crippen LogP contribution is 2.47. The van der Waals surface area contributed by atoms with Crippen LogP contribution in [0.4, 0.5) is 4.79 Å². The lowest BCUT2D eigenvalue weighted by Crippen LogP contribution is -2.60. The van der Waals surface area contributed by atoms with E-state index < -0.39 is 17.2 Å². The number of nitrogens with zero attached hydrogens (tertiary/aromatic N) is 3. The molecule has 0 unspecified atom stereocenters. The van der Waals surface area contributed by atoms with Crippen molar-refractivity contribution in [2.45, 2.75) is 109 Å². The average Bonchev–Trinajstić information content (AvgIpc) is 3.21. The minimum absolute atomic E-state index is 0.154. The van der Waals surface area contributed by atoms with Crippen molar-refractivity contribution in [2.75, 3.05) is 19.7 Å². The number of likely N-dealkylation sites (tertiary alicyclic amines) is 1. The maximum Gasteiger partial charge on any atom is 0.407 e. The van der Waals surface area contributed by atoms with Gasteiger partial charge in [-0.05, 0) is 96.0 Å². The molecule has 3 aromatic rings. The van der Waals surface area contributed by atoms with Crippen LogP contribution in [-0.4, -0.2) is 74.2 Å². The van der Waals surface area contributed by atoms with Crippen molar-refractivity contribution in [2.24, 2.45) is 0 Å². The van der Waals surface area contributed by atoms with Crippen molar-refractivity contribution in [3.05, 3.63) is 53.6 Å². The van der Waals surface area contributed by atoms with E-state index in [0.29, 0.717) is 50.6 Å². The molecule has 3 aliphatic rings. The van der Waals surface area contributed by atoms with Gasteiger partial charge >= 0.3 is 6.09 Å². The Labute approximate surface area is 271 Å². The predicted octanol–water partition coefficient (Wildman–Crippen LogP) is 7.03. The van der Waals surface area contributed by atoms with Gasteiger partial charge < -0.3 is 29.5 Å². The van der Waals surface area contributed by atoms with E-state index in [9.17, 15) is 19.5 Å². The highest BCUT2D eigenvalue weighted by Gasteiger charge is 2.40. The van der Waals surface area contributed by atoms with Crippen molar-refractivity contribution >= 4 is 28.8 Å². The molecule has 2 aliphatic heterocycles. The first kappa shape index (κ1) is 32.0. The minimum atomic E-state index is -1.13. The Morgan fingerprint density at radius 1 is 0.913 bits per heavy atom. The minimum Gasteiger partial charge on any atom is -0.491 e.